The highest BCUT2D eigenvalue weighted by Gasteiger charge is 2.09. The number of ether oxygens (including phenoxy) is 1. The van der Waals surface area contributed by atoms with Gasteiger partial charge in [0.2, 0.25) is 0 Å². The third-order valence-electron chi connectivity index (χ3n) is 3.84. The molecule has 0 fully saturated rings. The van der Waals surface area contributed by atoms with Crippen LogP contribution >= 0.6 is 11.6 Å². The standard InChI is InChI=1S/C22H22ClNO4/c1-14(9-17-7-5-4-6-8-17)10-19(22(26)27)24-20(25)13-28-18-11-15(2)21(23)16(3)12-18/h4-12H,13H2,1-3H3,(H,24,25)(H,26,27)/p-1/b14-9+,19-10+. The number of nitrogens with one attached hydrogen (secondary N) is 1. The molecular formula is C22H21ClNO4-. The molecule has 0 aliphatic carbocycles. The van der Waals surface area contributed by atoms with Crippen LogP contribution in [0.1, 0.15) is 23.6 Å². The zero-order valence-electron chi connectivity index (χ0n) is 15.9. The van der Waals surface area contributed by atoms with Gasteiger partial charge in [0.15, 0.2) is 6.61 Å². The Labute approximate surface area is 169 Å². The molecule has 1 amide bonds. The lowest BCUT2D eigenvalue weighted by Gasteiger charge is -2.13. The van der Waals surface area contributed by atoms with Crippen molar-refractivity contribution in [2.45, 2.75) is 20.8 Å². The van der Waals surface area contributed by atoms with Crippen molar-refractivity contribution in [1.82, 2.24) is 5.32 Å². The van der Waals surface area contributed by atoms with Gasteiger partial charge in [-0.05, 0) is 61.2 Å². The summed E-state index contributed by atoms with van der Waals surface area (Å²) < 4.78 is 5.44. The summed E-state index contributed by atoms with van der Waals surface area (Å²) in [5, 5.41) is 14.3. The van der Waals surface area contributed by atoms with Crippen molar-refractivity contribution in [3.05, 3.63) is 81.5 Å². The Bertz CT molecular complexity index is 910. The number of allylic oxidation sites excluding steroid dienone is 2. The first kappa shape index (κ1) is 21.3. The molecule has 0 saturated heterocycles. The first-order chi connectivity index (χ1) is 13.3. The highest BCUT2D eigenvalue weighted by molar-refractivity contribution is 6.32. The molecule has 0 aromatic heterocycles. The highest BCUT2D eigenvalue weighted by Crippen LogP contribution is 2.25. The summed E-state index contributed by atoms with van der Waals surface area (Å²) in [6.07, 6.45) is 3.14. The summed E-state index contributed by atoms with van der Waals surface area (Å²) in [4.78, 5) is 23.4. The second-order valence-electron chi connectivity index (χ2n) is 6.35. The fourth-order valence-corrected chi connectivity index (χ4v) is 2.66. The molecule has 0 atom stereocenters. The van der Waals surface area contributed by atoms with Gasteiger partial charge < -0.3 is 20.0 Å². The molecule has 0 radical (unpaired) electrons. The molecule has 0 spiro atoms. The molecule has 0 saturated carbocycles. The summed E-state index contributed by atoms with van der Waals surface area (Å²) in [6.45, 7) is 5.06. The Morgan fingerprint density at radius 3 is 2.32 bits per heavy atom. The Hall–Kier alpha value is -3.05. The number of carboxylic acids is 1. The number of hydrogen-bond acceptors (Lipinski definition) is 4. The van der Waals surface area contributed by atoms with Gasteiger partial charge in [0, 0.05) is 5.02 Å². The third-order valence-corrected chi connectivity index (χ3v) is 4.44. The number of rotatable bonds is 7. The molecule has 0 bridgehead atoms. The molecule has 1 N–H and O–H groups in total. The number of halogens is 1. The van der Waals surface area contributed by atoms with Crippen molar-refractivity contribution in [2.24, 2.45) is 0 Å². The van der Waals surface area contributed by atoms with Crippen LogP contribution in [0, 0.1) is 13.8 Å². The first-order valence-corrected chi connectivity index (χ1v) is 9.00. The second kappa shape index (κ2) is 9.76. The molecule has 0 aliphatic heterocycles. The fraction of sp³-hybridized carbons (Fsp3) is 0.182. The van der Waals surface area contributed by atoms with Crippen LogP contribution in [0.4, 0.5) is 0 Å². The van der Waals surface area contributed by atoms with Gasteiger partial charge in [0.05, 0.1) is 11.7 Å². The SMILES string of the molecule is CC(=C\c1ccccc1)/C=C(/NC(=O)COc1cc(C)c(Cl)c(C)c1)C(=O)[O-]. The number of hydrogen-bond donors (Lipinski definition) is 1. The minimum Gasteiger partial charge on any atom is -0.543 e. The van der Waals surface area contributed by atoms with E-state index in [2.05, 4.69) is 5.32 Å². The van der Waals surface area contributed by atoms with Gasteiger partial charge in [-0.25, -0.2) is 0 Å². The number of carboxylic acid groups (broad SMARTS) is 1. The lowest BCUT2D eigenvalue weighted by Crippen LogP contribution is -2.37. The molecule has 146 valence electrons. The number of carbonyl (C=O) groups is 2. The van der Waals surface area contributed by atoms with E-state index in [0.717, 1.165) is 16.7 Å². The van der Waals surface area contributed by atoms with Crippen LogP contribution in [-0.4, -0.2) is 18.5 Å². The van der Waals surface area contributed by atoms with Gasteiger partial charge in [0.1, 0.15) is 5.75 Å². The zero-order chi connectivity index (χ0) is 20.7. The van der Waals surface area contributed by atoms with Crippen molar-refractivity contribution in [3.63, 3.8) is 0 Å². The van der Waals surface area contributed by atoms with Crippen LogP contribution in [0.2, 0.25) is 5.02 Å². The van der Waals surface area contributed by atoms with E-state index in [9.17, 15) is 14.7 Å². The fourth-order valence-electron chi connectivity index (χ4n) is 2.55. The highest BCUT2D eigenvalue weighted by atomic mass is 35.5. The minimum atomic E-state index is -1.48. The molecule has 0 unspecified atom stereocenters. The Morgan fingerprint density at radius 1 is 1.14 bits per heavy atom. The topological polar surface area (TPSA) is 78.5 Å². The van der Waals surface area contributed by atoms with Crippen molar-refractivity contribution in [2.75, 3.05) is 6.61 Å². The van der Waals surface area contributed by atoms with E-state index in [1.54, 1.807) is 25.1 Å². The van der Waals surface area contributed by atoms with Crippen molar-refractivity contribution >= 4 is 29.6 Å². The normalized spacial score (nSPS) is 11.9. The number of benzene rings is 2. The van der Waals surface area contributed by atoms with Gasteiger partial charge in [-0.3, -0.25) is 4.79 Å². The lowest BCUT2D eigenvalue weighted by atomic mass is 10.1. The van der Waals surface area contributed by atoms with Crippen molar-refractivity contribution in [3.8, 4) is 5.75 Å². The summed E-state index contributed by atoms with van der Waals surface area (Å²) in [6, 6.07) is 12.8. The van der Waals surface area contributed by atoms with Crippen LogP contribution in [0.5, 0.6) is 5.75 Å². The van der Waals surface area contributed by atoms with E-state index < -0.39 is 11.9 Å². The van der Waals surface area contributed by atoms with E-state index in [1.165, 1.54) is 6.08 Å². The van der Waals surface area contributed by atoms with Crippen molar-refractivity contribution in [1.29, 1.82) is 0 Å². The zero-order valence-corrected chi connectivity index (χ0v) is 16.7. The average Bonchev–Trinajstić information content (AvgIpc) is 2.64. The summed E-state index contributed by atoms with van der Waals surface area (Å²) in [7, 11) is 0. The Balaban J connectivity index is 2.04. The molecule has 2 aromatic carbocycles. The van der Waals surface area contributed by atoms with Crippen LogP contribution in [0.3, 0.4) is 0 Å². The summed E-state index contributed by atoms with van der Waals surface area (Å²) >= 11 is 6.10. The van der Waals surface area contributed by atoms with Gasteiger partial charge in [-0.15, -0.1) is 0 Å². The third kappa shape index (κ3) is 6.28. The van der Waals surface area contributed by atoms with Gasteiger partial charge >= 0.3 is 0 Å². The number of amides is 1. The molecule has 0 heterocycles. The molecule has 2 rings (SSSR count). The summed E-state index contributed by atoms with van der Waals surface area (Å²) in [5.41, 5.74) is 2.89. The second-order valence-corrected chi connectivity index (χ2v) is 6.73. The quantitative estimate of drug-likeness (QED) is 0.574. The minimum absolute atomic E-state index is 0.332. The molecule has 5 nitrogen and oxygen atoms in total. The molecule has 28 heavy (non-hydrogen) atoms. The number of carbonyl (C=O) groups excluding carboxylic acids is 2. The van der Waals surface area contributed by atoms with Gasteiger partial charge in [0.25, 0.3) is 5.91 Å². The number of aliphatic carboxylic acids is 1. The maximum absolute atomic E-state index is 12.1. The monoisotopic (exact) mass is 398 g/mol. The van der Waals surface area contributed by atoms with E-state index in [4.69, 9.17) is 16.3 Å². The molecule has 0 aliphatic rings. The van der Waals surface area contributed by atoms with E-state index >= 15 is 0 Å². The smallest absolute Gasteiger partial charge is 0.262 e. The average molecular weight is 399 g/mol. The van der Waals surface area contributed by atoms with Gasteiger partial charge in [-0.1, -0.05) is 48.0 Å². The lowest BCUT2D eigenvalue weighted by molar-refractivity contribution is -0.299. The molecular weight excluding hydrogens is 378 g/mol. The van der Waals surface area contributed by atoms with Crippen LogP contribution in [-0.2, 0) is 9.59 Å². The maximum atomic E-state index is 12.1. The first-order valence-electron chi connectivity index (χ1n) is 8.62. The number of aryl methyl sites for hydroxylation is 2. The van der Waals surface area contributed by atoms with Crippen LogP contribution < -0.4 is 15.2 Å². The van der Waals surface area contributed by atoms with Crippen LogP contribution in [0.25, 0.3) is 6.08 Å². The Kier molecular flexibility index (Phi) is 7.41. The predicted molar refractivity (Wildman–Crippen MR) is 108 cm³/mol. The largest absolute Gasteiger partial charge is 0.543 e. The van der Waals surface area contributed by atoms with Crippen molar-refractivity contribution < 1.29 is 19.4 Å². The van der Waals surface area contributed by atoms with E-state index in [0.29, 0.717) is 16.3 Å². The van der Waals surface area contributed by atoms with E-state index in [1.807, 2.05) is 44.2 Å². The maximum Gasteiger partial charge on any atom is 0.262 e. The molecule has 6 heteroatoms. The molecule has 2 aromatic rings. The summed E-state index contributed by atoms with van der Waals surface area (Å²) in [5.74, 6) is -1.60. The Morgan fingerprint density at radius 2 is 1.75 bits per heavy atom. The van der Waals surface area contributed by atoms with Crippen LogP contribution in [0.15, 0.2) is 59.8 Å². The van der Waals surface area contributed by atoms with Gasteiger partial charge in [-0.2, -0.15) is 0 Å². The van der Waals surface area contributed by atoms with E-state index in [-0.39, 0.29) is 12.3 Å². The predicted octanol–water partition coefficient (Wildman–Crippen LogP) is 3.19.